The summed E-state index contributed by atoms with van der Waals surface area (Å²) in [5.41, 5.74) is 1.81. The van der Waals surface area contributed by atoms with Crippen molar-refractivity contribution in [3.63, 3.8) is 0 Å². The van der Waals surface area contributed by atoms with Crippen LogP contribution in [0.3, 0.4) is 0 Å². The number of aliphatic hydroxyl groups is 1. The van der Waals surface area contributed by atoms with Gasteiger partial charge < -0.3 is 15.3 Å². The highest BCUT2D eigenvalue weighted by Gasteiger charge is 2.04. The predicted molar refractivity (Wildman–Crippen MR) is 58.4 cm³/mol. The van der Waals surface area contributed by atoms with Gasteiger partial charge in [0, 0.05) is 30.7 Å². The molecule has 0 aliphatic carbocycles. The van der Waals surface area contributed by atoms with Crippen molar-refractivity contribution >= 4 is 11.3 Å². The van der Waals surface area contributed by atoms with Gasteiger partial charge in [-0.25, -0.2) is 0 Å². The normalized spacial score (nSPS) is 13.4. The minimum absolute atomic E-state index is 0.307. The van der Waals surface area contributed by atoms with Gasteiger partial charge in [-0.2, -0.15) is 0 Å². The molecule has 0 aromatic carbocycles. The molecule has 5 heteroatoms. The zero-order valence-electron chi connectivity index (χ0n) is 8.60. The van der Waals surface area contributed by atoms with Gasteiger partial charge in [0.15, 0.2) is 0 Å². The van der Waals surface area contributed by atoms with E-state index in [9.17, 15) is 5.11 Å². The van der Waals surface area contributed by atoms with E-state index in [4.69, 9.17) is 0 Å². The summed E-state index contributed by atoms with van der Waals surface area (Å²) in [5.74, 6) is 0. The molecule has 0 radical (unpaired) electrons. The minimum Gasteiger partial charge on any atom is -0.390 e. The van der Waals surface area contributed by atoms with Crippen molar-refractivity contribution < 1.29 is 5.11 Å². The Kier molecular flexibility index (Phi) is 5.03. The summed E-state index contributed by atoms with van der Waals surface area (Å²) in [7, 11) is 3.90. The summed E-state index contributed by atoms with van der Waals surface area (Å²) in [4.78, 5) is 7.14. The Hall–Kier alpha value is -0.490. The SMILES string of the molecule is CN(C)CC(O)CNCc1cncs1. The molecular weight excluding hydrogens is 198 g/mol. The molecule has 2 N–H and O–H groups in total. The van der Waals surface area contributed by atoms with Crippen LogP contribution in [-0.2, 0) is 6.54 Å². The number of aromatic nitrogens is 1. The molecular formula is C9H17N3OS. The monoisotopic (exact) mass is 215 g/mol. The van der Waals surface area contributed by atoms with Crippen molar-refractivity contribution in [1.29, 1.82) is 0 Å². The lowest BCUT2D eigenvalue weighted by molar-refractivity contribution is 0.134. The maximum Gasteiger partial charge on any atom is 0.0794 e. The first kappa shape index (κ1) is 11.6. The Bertz CT molecular complexity index is 238. The molecule has 0 amide bonds. The van der Waals surface area contributed by atoms with E-state index in [2.05, 4.69) is 10.3 Å². The van der Waals surface area contributed by atoms with Crippen LogP contribution in [0.1, 0.15) is 4.88 Å². The second-order valence-corrected chi connectivity index (χ2v) is 4.49. The highest BCUT2D eigenvalue weighted by Crippen LogP contribution is 2.03. The topological polar surface area (TPSA) is 48.4 Å². The smallest absolute Gasteiger partial charge is 0.0794 e. The van der Waals surface area contributed by atoms with E-state index < -0.39 is 0 Å². The van der Waals surface area contributed by atoms with Gasteiger partial charge in [-0.3, -0.25) is 4.98 Å². The average molecular weight is 215 g/mol. The Morgan fingerprint density at radius 2 is 2.43 bits per heavy atom. The molecule has 0 saturated heterocycles. The predicted octanol–water partition coefficient (Wildman–Crippen LogP) is 0.155. The third-order valence-corrected chi connectivity index (χ3v) is 2.52. The molecule has 0 fully saturated rings. The van der Waals surface area contributed by atoms with Crippen LogP contribution in [0.2, 0.25) is 0 Å². The minimum atomic E-state index is -0.307. The van der Waals surface area contributed by atoms with Gasteiger partial charge in [-0.05, 0) is 14.1 Å². The second-order valence-electron chi connectivity index (χ2n) is 3.51. The van der Waals surface area contributed by atoms with E-state index in [0.29, 0.717) is 13.1 Å². The highest BCUT2D eigenvalue weighted by atomic mass is 32.1. The molecule has 1 unspecified atom stereocenters. The number of nitrogens with one attached hydrogen (secondary N) is 1. The summed E-state index contributed by atoms with van der Waals surface area (Å²) in [6, 6.07) is 0. The van der Waals surface area contributed by atoms with Gasteiger partial charge in [0.2, 0.25) is 0 Å². The number of hydrogen-bond acceptors (Lipinski definition) is 5. The Balaban J connectivity index is 2.09. The van der Waals surface area contributed by atoms with Crippen LogP contribution in [0.4, 0.5) is 0 Å². The molecule has 4 nitrogen and oxygen atoms in total. The first-order chi connectivity index (χ1) is 6.68. The van der Waals surface area contributed by atoms with Crippen molar-refractivity contribution in [1.82, 2.24) is 15.2 Å². The molecule has 80 valence electrons. The van der Waals surface area contributed by atoms with Gasteiger partial charge in [-0.1, -0.05) is 0 Å². The van der Waals surface area contributed by atoms with Gasteiger partial charge in [0.25, 0.3) is 0 Å². The quantitative estimate of drug-likeness (QED) is 0.709. The van der Waals surface area contributed by atoms with Gasteiger partial charge in [0.1, 0.15) is 0 Å². The maximum absolute atomic E-state index is 9.53. The lowest BCUT2D eigenvalue weighted by Crippen LogP contribution is -2.34. The fourth-order valence-electron chi connectivity index (χ4n) is 1.18. The number of rotatable bonds is 6. The molecule has 0 bridgehead atoms. The zero-order valence-corrected chi connectivity index (χ0v) is 9.42. The first-order valence-corrected chi connectivity index (χ1v) is 5.47. The van der Waals surface area contributed by atoms with E-state index in [1.807, 2.05) is 30.7 Å². The van der Waals surface area contributed by atoms with E-state index in [-0.39, 0.29) is 6.10 Å². The summed E-state index contributed by atoms with van der Waals surface area (Å²) < 4.78 is 0. The summed E-state index contributed by atoms with van der Waals surface area (Å²) in [6.45, 7) is 2.10. The summed E-state index contributed by atoms with van der Waals surface area (Å²) >= 11 is 1.62. The number of nitrogens with zero attached hydrogens (tertiary/aromatic N) is 2. The average Bonchev–Trinajstić information content (AvgIpc) is 2.55. The van der Waals surface area contributed by atoms with Crippen LogP contribution in [0.25, 0.3) is 0 Å². The van der Waals surface area contributed by atoms with Crippen molar-refractivity contribution in [2.75, 3.05) is 27.2 Å². The zero-order chi connectivity index (χ0) is 10.4. The summed E-state index contributed by atoms with van der Waals surface area (Å²) in [6.07, 6.45) is 1.54. The number of hydrogen-bond donors (Lipinski definition) is 2. The molecule has 1 heterocycles. The molecule has 0 spiro atoms. The molecule has 1 aromatic rings. The lowest BCUT2D eigenvalue weighted by atomic mass is 10.3. The fraction of sp³-hybridized carbons (Fsp3) is 0.667. The third kappa shape index (κ3) is 4.66. The van der Waals surface area contributed by atoms with Crippen molar-refractivity contribution in [2.24, 2.45) is 0 Å². The second kappa shape index (κ2) is 6.08. The maximum atomic E-state index is 9.53. The van der Waals surface area contributed by atoms with E-state index >= 15 is 0 Å². The Morgan fingerprint density at radius 3 is 3.00 bits per heavy atom. The largest absolute Gasteiger partial charge is 0.390 e. The number of likely N-dealkylation sites (N-methyl/N-ethyl adjacent to an activating group) is 1. The van der Waals surface area contributed by atoms with Crippen molar-refractivity contribution in [2.45, 2.75) is 12.6 Å². The molecule has 1 aromatic heterocycles. The van der Waals surface area contributed by atoms with Crippen LogP contribution >= 0.6 is 11.3 Å². The van der Waals surface area contributed by atoms with E-state index in [1.165, 1.54) is 4.88 Å². The number of thiazole rings is 1. The van der Waals surface area contributed by atoms with Crippen LogP contribution in [0.5, 0.6) is 0 Å². The molecule has 0 saturated carbocycles. The van der Waals surface area contributed by atoms with Crippen LogP contribution in [0.15, 0.2) is 11.7 Å². The van der Waals surface area contributed by atoms with Crippen LogP contribution < -0.4 is 5.32 Å². The van der Waals surface area contributed by atoms with Gasteiger partial charge >= 0.3 is 0 Å². The lowest BCUT2D eigenvalue weighted by Gasteiger charge is -2.15. The number of aliphatic hydroxyl groups excluding tert-OH is 1. The van der Waals surface area contributed by atoms with E-state index in [0.717, 1.165) is 6.54 Å². The molecule has 1 atom stereocenters. The fourth-order valence-corrected chi connectivity index (χ4v) is 1.74. The molecule has 0 aliphatic heterocycles. The molecule has 1 rings (SSSR count). The standard InChI is InChI=1S/C9H17N3OS/c1-12(2)6-8(13)3-10-4-9-5-11-7-14-9/h5,7-8,10,13H,3-4,6H2,1-2H3. The molecule has 14 heavy (non-hydrogen) atoms. The van der Waals surface area contributed by atoms with E-state index in [1.54, 1.807) is 11.3 Å². The molecule has 0 aliphatic rings. The Morgan fingerprint density at radius 1 is 1.64 bits per heavy atom. The van der Waals surface area contributed by atoms with Gasteiger partial charge in [-0.15, -0.1) is 11.3 Å². The Labute approximate surface area is 88.6 Å². The highest BCUT2D eigenvalue weighted by molar-refractivity contribution is 7.09. The first-order valence-electron chi connectivity index (χ1n) is 4.59. The van der Waals surface area contributed by atoms with Crippen molar-refractivity contribution in [3.8, 4) is 0 Å². The van der Waals surface area contributed by atoms with Gasteiger partial charge in [0.05, 0.1) is 11.6 Å². The third-order valence-electron chi connectivity index (χ3n) is 1.74. The van der Waals surface area contributed by atoms with Crippen LogP contribution in [0, 0.1) is 0 Å². The van der Waals surface area contributed by atoms with Crippen molar-refractivity contribution in [3.05, 3.63) is 16.6 Å². The summed E-state index contributed by atoms with van der Waals surface area (Å²) in [5, 5.41) is 12.7. The van der Waals surface area contributed by atoms with Crippen LogP contribution in [-0.4, -0.2) is 48.3 Å².